The molecule has 0 aliphatic rings. The second kappa shape index (κ2) is 5.18. The van der Waals surface area contributed by atoms with Crippen LogP contribution in [-0.2, 0) is 0 Å². The van der Waals surface area contributed by atoms with E-state index >= 15 is 0 Å². The first kappa shape index (κ1) is 11.3. The van der Waals surface area contributed by atoms with E-state index in [-0.39, 0.29) is 0 Å². The van der Waals surface area contributed by atoms with Gasteiger partial charge in [0.2, 0.25) is 0 Å². The van der Waals surface area contributed by atoms with Crippen LogP contribution in [0.1, 0.15) is 6.92 Å². The summed E-state index contributed by atoms with van der Waals surface area (Å²) in [5.74, 6) is 1.02. The minimum absolute atomic E-state index is 0.728. The number of benzene rings is 1. The predicted octanol–water partition coefficient (Wildman–Crippen LogP) is 3.90. The van der Waals surface area contributed by atoms with Gasteiger partial charge in [-0.2, -0.15) is 0 Å². The van der Waals surface area contributed by atoms with Crippen LogP contribution >= 0.6 is 67.8 Å². The first-order valence-corrected chi connectivity index (χ1v) is 6.66. The van der Waals surface area contributed by atoms with Gasteiger partial charge in [-0.05, 0) is 86.8 Å². The van der Waals surface area contributed by atoms with Gasteiger partial charge in [0.05, 0.1) is 13.7 Å². The maximum Gasteiger partial charge on any atom is 0.146 e. The Kier molecular flexibility index (Phi) is 4.87. The van der Waals surface area contributed by atoms with E-state index in [1.54, 1.807) is 0 Å². The third-order valence-corrected chi connectivity index (χ3v) is 5.14. The van der Waals surface area contributed by atoms with E-state index in [1.807, 2.05) is 6.92 Å². The zero-order valence-electron chi connectivity index (χ0n) is 6.40. The van der Waals surface area contributed by atoms with Crippen molar-refractivity contribution in [2.24, 2.45) is 0 Å². The molecule has 4 heteroatoms. The summed E-state index contributed by atoms with van der Waals surface area (Å²) < 4.78 is 9.17. The Hall–Kier alpha value is 1.21. The zero-order chi connectivity index (χ0) is 9.14. The van der Waals surface area contributed by atoms with Crippen LogP contribution < -0.4 is 4.74 Å². The molecule has 0 fully saturated rings. The summed E-state index contributed by atoms with van der Waals surface area (Å²) in [6, 6.07) is 4.18. The quantitative estimate of drug-likeness (QED) is 0.443. The van der Waals surface area contributed by atoms with Crippen LogP contribution in [0.15, 0.2) is 12.1 Å². The standard InChI is InChI=1S/C8H7I3O/c1-2-12-8-6(10)4-3-5(9)7(8)11/h3-4H,2H2,1H3. The van der Waals surface area contributed by atoms with Gasteiger partial charge >= 0.3 is 0 Å². The third kappa shape index (κ3) is 2.60. The number of hydrogen-bond donors (Lipinski definition) is 0. The smallest absolute Gasteiger partial charge is 0.146 e. The minimum Gasteiger partial charge on any atom is -0.492 e. The second-order valence-electron chi connectivity index (χ2n) is 2.11. The molecule has 1 aromatic carbocycles. The van der Waals surface area contributed by atoms with Gasteiger partial charge in [-0.1, -0.05) is 0 Å². The van der Waals surface area contributed by atoms with Crippen LogP contribution in [0, 0.1) is 10.7 Å². The van der Waals surface area contributed by atoms with Gasteiger partial charge in [0.25, 0.3) is 0 Å². The van der Waals surface area contributed by atoms with Crippen molar-refractivity contribution >= 4 is 67.8 Å². The van der Waals surface area contributed by atoms with E-state index in [2.05, 4.69) is 79.9 Å². The van der Waals surface area contributed by atoms with Crippen LogP contribution in [0.4, 0.5) is 0 Å². The van der Waals surface area contributed by atoms with E-state index in [0.717, 1.165) is 12.4 Å². The van der Waals surface area contributed by atoms with Gasteiger partial charge in [0.15, 0.2) is 0 Å². The highest BCUT2D eigenvalue weighted by Gasteiger charge is 2.08. The molecule has 0 heterocycles. The molecular weight excluding hydrogens is 493 g/mol. The Balaban J connectivity index is 3.14. The Bertz CT molecular complexity index is 286. The molecule has 1 aromatic rings. The van der Waals surface area contributed by atoms with Crippen molar-refractivity contribution in [1.29, 1.82) is 0 Å². The molecule has 0 aromatic heterocycles. The molecule has 12 heavy (non-hydrogen) atoms. The Labute approximate surface area is 113 Å². The Morgan fingerprint density at radius 3 is 2.33 bits per heavy atom. The van der Waals surface area contributed by atoms with Crippen molar-refractivity contribution in [1.82, 2.24) is 0 Å². The van der Waals surface area contributed by atoms with E-state index in [9.17, 15) is 0 Å². The first-order chi connectivity index (χ1) is 5.66. The molecule has 1 nitrogen and oxygen atoms in total. The fraction of sp³-hybridized carbons (Fsp3) is 0.250. The largest absolute Gasteiger partial charge is 0.492 e. The van der Waals surface area contributed by atoms with Crippen LogP contribution in [0.2, 0.25) is 0 Å². The molecule has 0 radical (unpaired) electrons. The summed E-state index contributed by atoms with van der Waals surface area (Å²) in [6.07, 6.45) is 0. The van der Waals surface area contributed by atoms with Gasteiger partial charge in [-0.3, -0.25) is 0 Å². The number of halogens is 3. The maximum absolute atomic E-state index is 5.53. The Morgan fingerprint density at radius 1 is 1.17 bits per heavy atom. The average molecular weight is 500 g/mol. The van der Waals surface area contributed by atoms with E-state index in [4.69, 9.17) is 4.74 Å². The summed E-state index contributed by atoms with van der Waals surface area (Å²) in [6.45, 7) is 2.73. The van der Waals surface area contributed by atoms with Gasteiger partial charge < -0.3 is 4.74 Å². The van der Waals surface area contributed by atoms with Crippen LogP contribution in [0.5, 0.6) is 5.75 Å². The van der Waals surface area contributed by atoms with E-state index in [1.165, 1.54) is 10.7 Å². The molecule has 66 valence electrons. The molecule has 1 rings (SSSR count). The summed E-state index contributed by atoms with van der Waals surface area (Å²) >= 11 is 6.92. The predicted molar refractivity (Wildman–Crippen MR) is 75.8 cm³/mol. The Morgan fingerprint density at radius 2 is 1.75 bits per heavy atom. The molecule has 0 aliphatic carbocycles. The average Bonchev–Trinajstić information content (AvgIpc) is 2.06. The molecule has 0 unspecified atom stereocenters. The lowest BCUT2D eigenvalue weighted by atomic mass is 10.3. The molecule has 0 bridgehead atoms. The summed E-state index contributed by atoms with van der Waals surface area (Å²) in [5, 5.41) is 0. The SMILES string of the molecule is CCOc1c(I)ccc(I)c1I. The lowest BCUT2D eigenvalue weighted by Crippen LogP contribution is -1.97. The van der Waals surface area contributed by atoms with Crippen molar-refractivity contribution in [2.45, 2.75) is 6.92 Å². The number of rotatable bonds is 2. The van der Waals surface area contributed by atoms with E-state index < -0.39 is 0 Å². The topological polar surface area (TPSA) is 9.23 Å². The fourth-order valence-electron chi connectivity index (χ4n) is 0.785. The van der Waals surface area contributed by atoms with Gasteiger partial charge in [-0.15, -0.1) is 0 Å². The first-order valence-electron chi connectivity index (χ1n) is 3.43. The van der Waals surface area contributed by atoms with Crippen molar-refractivity contribution in [3.8, 4) is 5.75 Å². The minimum atomic E-state index is 0.728. The van der Waals surface area contributed by atoms with Crippen LogP contribution in [0.25, 0.3) is 0 Å². The highest BCUT2D eigenvalue weighted by molar-refractivity contribution is 14.1. The molecular formula is C8H7I3O. The van der Waals surface area contributed by atoms with Crippen molar-refractivity contribution < 1.29 is 4.74 Å². The summed E-state index contributed by atoms with van der Waals surface area (Å²) in [7, 11) is 0. The van der Waals surface area contributed by atoms with E-state index in [0.29, 0.717) is 0 Å². The summed E-state index contributed by atoms with van der Waals surface area (Å²) in [4.78, 5) is 0. The van der Waals surface area contributed by atoms with Gasteiger partial charge in [0.1, 0.15) is 5.75 Å². The lowest BCUT2D eigenvalue weighted by Gasteiger charge is -2.08. The highest BCUT2D eigenvalue weighted by Crippen LogP contribution is 2.30. The van der Waals surface area contributed by atoms with Crippen molar-refractivity contribution in [3.63, 3.8) is 0 Å². The molecule has 0 aliphatic heterocycles. The maximum atomic E-state index is 5.53. The summed E-state index contributed by atoms with van der Waals surface area (Å²) in [5.41, 5.74) is 0. The lowest BCUT2D eigenvalue weighted by molar-refractivity contribution is 0.335. The van der Waals surface area contributed by atoms with Crippen molar-refractivity contribution in [2.75, 3.05) is 6.61 Å². The molecule has 0 N–H and O–H groups in total. The molecule has 0 saturated heterocycles. The normalized spacial score (nSPS) is 10.0. The highest BCUT2D eigenvalue weighted by atomic mass is 127. The van der Waals surface area contributed by atoms with Crippen LogP contribution in [0.3, 0.4) is 0 Å². The fourth-order valence-corrected chi connectivity index (χ4v) is 2.96. The number of ether oxygens (including phenoxy) is 1. The molecule has 0 amide bonds. The van der Waals surface area contributed by atoms with Crippen LogP contribution in [-0.4, -0.2) is 6.61 Å². The van der Waals surface area contributed by atoms with Gasteiger partial charge in [-0.25, -0.2) is 0 Å². The second-order valence-corrected chi connectivity index (χ2v) is 5.51. The zero-order valence-corrected chi connectivity index (χ0v) is 12.9. The molecule has 0 saturated carbocycles. The number of hydrogen-bond acceptors (Lipinski definition) is 1. The molecule has 0 spiro atoms. The third-order valence-electron chi connectivity index (χ3n) is 1.29. The van der Waals surface area contributed by atoms with Crippen molar-refractivity contribution in [3.05, 3.63) is 22.8 Å². The van der Waals surface area contributed by atoms with Gasteiger partial charge in [0, 0.05) is 3.57 Å². The monoisotopic (exact) mass is 500 g/mol. The molecule has 0 atom stereocenters.